The molecule has 0 saturated heterocycles. The Bertz CT molecular complexity index is 618. The number of ketones is 1. The smallest absolute Gasteiger partial charge is 0.229 e. The Labute approximate surface area is 111 Å². The van der Waals surface area contributed by atoms with Crippen LogP contribution in [0.2, 0.25) is 0 Å². The zero-order valence-corrected chi connectivity index (χ0v) is 10.9. The average molecular weight is 256 g/mol. The number of hydrogen-bond acceptors (Lipinski definition) is 4. The van der Waals surface area contributed by atoms with Crippen molar-refractivity contribution in [1.82, 2.24) is 14.8 Å². The first kappa shape index (κ1) is 11.9. The quantitative estimate of drug-likeness (QED) is 0.849. The maximum absolute atomic E-state index is 12.5. The lowest BCUT2D eigenvalue weighted by molar-refractivity contribution is 0.102. The fourth-order valence-electron chi connectivity index (χ4n) is 2.39. The van der Waals surface area contributed by atoms with E-state index in [2.05, 4.69) is 22.3 Å². The first-order valence-corrected chi connectivity index (χ1v) is 6.59. The van der Waals surface area contributed by atoms with Crippen LogP contribution in [0.25, 0.3) is 0 Å². The van der Waals surface area contributed by atoms with Crippen molar-refractivity contribution in [2.75, 3.05) is 11.9 Å². The van der Waals surface area contributed by atoms with Crippen LogP contribution in [0.15, 0.2) is 24.5 Å². The largest absolute Gasteiger partial charge is 0.384 e. The number of carbonyl (C=O) groups excluding carboxylic acids is 1. The fraction of sp³-hybridized carbons (Fsp3) is 0.357. The van der Waals surface area contributed by atoms with Gasteiger partial charge in [-0.15, -0.1) is 0 Å². The first-order chi connectivity index (χ1) is 9.29. The van der Waals surface area contributed by atoms with E-state index in [1.165, 1.54) is 11.9 Å². The second-order valence-electron chi connectivity index (χ2n) is 4.68. The Morgan fingerprint density at radius 2 is 2.37 bits per heavy atom. The molecule has 1 N–H and O–H groups in total. The molecule has 0 spiro atoms. The molecule has 0 unspecified atom stereocenters. The molecule has 3 rings (SSSR count). The molecule has 0 saturated carbocycles. The minimum atomic E-state index is -0.0550. The standard InChI is InChI=1S/C14H16N4O/c1-2-7-18-14(16-9-17-18)13(19)11-3-4-12-10(8-11)5-6-15-12/h3-4,8-9,15H,2,5-7H2,1H3. The van der Waals surface area contributed by atoms with Gasteiger partial charge >= 0.3 is 0 Å². The molecule has 0 amide bonds. The number of anilines is 1. The van der Waals surface area contributed by atoms with E-state index in [4.69, 9.17) is 0 Å². The van der Waals surface area contributed by atoms with Crippen molar-refractivity contribution < 1.29 is 4.79 Å². The third-order valence-corrected chi connectivity index (χ3v) is 3.33. The van der Waals surface area contributed by atoms with Crippen molar-refractivity contribution in [3.8, 4) is 0 Å². The molecule has 0 fully saturated rings. The highest BCUT2D eigenvalue weighted by Crippen LogP contribution is 2.23. The molecule has 0 radical (unpaired) electrons. The van der Waals surface area contributed by atoms with Crippen molar-refractivity contribution in [3.63, 3.8) is 0 Å². The predicted octanol–water partition coefficient (Wildman–Crippen LogP) is 1.89. The molecule has 2 aromatic rings. The fourth-order valence-corrected chi connectivity index (χ4v) is 2.39. The van der Waals surface area contributed by atoms with Crippen LogP contribution in [0.3, 0.4) is 0 Å². The van der Waals surface area contributed by atoms with Crippen molar-refractivity contribution in [2.24, 2.45) is 0 Å². The lowest BCUT2D eigenvalue weighted by Gasteiger charge is -2.05. The molecule has 1 aliphatic rings. The summed E-state index contributed by atoms with van der Waals surface area (Å²) in [6.07, 6.45) is 3.34. The third-order valence-electron chi connectivity index (χ3n) is 3.33. The molecule has 5 heteroatoms. The van der Waals surface area contributed by atoms with Crippen molar-refractivity contribution in [2.45, 2.75) is 26.3 Å². The van der Waals surface area contributed by atoms with Crippen LogP contribution in [0.4, 0.5) is 5.69 Å². The highest BCUT2D eigenvalue weighted by Gasteiger charge is 2.18. The summed E-state index contributed by atoms with van der Waals surface area (Å²) in [7, 11) is 0. The van der Waals surface area contributed by atoms with Crippen molar-refractivity contribution in [1.29, 1.82) is 0 Å². The Morgan fingerprint density at radius 3 is 3.21 bits per heavy atom. The van der Waals surface area contributed by atoms with E-state index in [0.29, 0.717) is 17.9 Å². The molecule has 0 atom stereocenters. The Kier molecular flexibility index (Phi) is 3.03. The summed E-state index contributed by atoms with van der Waals surface area (Å²) in [6, 6.07) is 5.78. The van der Waals surface area contributed by atoms with Crippen LogP contribution in [-0.2, 0) is 13.0 Å². The molecule has 2 heterocycles. The summed E-state index contributed by atoms with van der Waals surface area (Å²) in [5.74, 6) is 0.369. The summed E-state index contributed by atoms with van der Waals surface area (Å²) in [4.78, 5) is 16.6. The number of nitrogens with zero attached hydrogens (tertiary/aromatic N) is 3. The summed E-state index contributed by atoms with van der Waals surface area (Å²) >= 11 is 0. The van der Waals surface area contributed by atoms with Gasteiger partial charge in [0.1, 0.15) is 6.33 Å². The maximum atomic E-state index is 12.5. The van der Waals surface area contributed by atoms with E-state index >= 15 is 0 Å². The highest BCUT2D eigenvalue weighted by molar-refractivity contribution is 6.07. The maximum Gasteiger partial charge on any atom is 0.229 e. The van der Waals surface area contributed by atoms with Crippen LogP contribution in [0.1, 0.15) is 35.1 Å². The molecule has 0 aliphatic carbocycles. The van der Waals surface area contributed by atoms with E-state index in [9.17, 15) is 4.79 Å². The summed E-state index contributed by atoms with van der Waals surface area (Å²) in [6.45, 7) is 3.71. The van der Waals surface area contributed by atoms with Gasteiger partial charge in [0.05, 0.1) is 0 Å². The summed E-state index contributed by atoms with van der Waals surface area (Å²) in [5.41, 5.74) is 3.02. The van der Waals surface area contributed by atoms with Crippen LogP contribution >= 0.6 is 0 Å². The summed E-state index contributed by atoms with van der Waals surface area (Å²) in [5, 5.41) is 7.39. The molecule has 5 nitrogen and oxygen atoms in total. The van der Waals surface area contributed by atoms with Gasteiger partial charge in [0.15, 0.2) is 5.82 Å². The van der Waals surface area contributed by atoms with Gasteiger partial charge in [-0.2, -0.15) is 5.10 Å². The Balaban J connectivity index is 1.93. The minimum absolute atomic E-state index is 0.0550. The van der Waals surface area contributed by atoms with Gasteiger partial charge in [0.2, 0.25) is 5.78 Å². The third kappa shape index (κ3) is 2.12. The van der Waals surface area contributed by atoms with E-state index in [0.717, 1.165) is 25.1 Å². The second kappa shape index (κ2) is 4.84. The van der Waals surface area contributed by atoms with Crippen LogP contribution in [-0.4, -0.2) is 27.1 Å². The van der Waals surface area contributed by atoms with Gasteiger partial charge in [-0.3, -0.25) is 4.79 Å². The van der Waals surface area contributed by atoms with Gasteiger partial charge in [-0.1, -0.05) is 6.92 Å². The zero-order valence-electron chi connectivity index (χ0n) is 10.9. The van der Waals surface area contributed by atoms with Crippen LogP contribution in [0, 0.1) is 0 Å². The van der Waals surface area contributed by atoms with Crippen LogP contribution < -0.4 is 5.32 Å². The number of nitrogens with one attached hydrogen (secondary N) is 1. The average Bonchev–Trinajstić information content (AvgIpc) is 3.05. The highest BCUT2D eigenvalue weighted by atomic mass is 16.1. The monoisotopic (exact) mass is 256 g/mol. The predicted molar refractivity (Wildman–Crippen MR) is 72.4 cm³/mol. The summed E-state index contributed by atoms with van der Waals surface area (Å²) < 4.78 is 1.67. The van der Waals surface area contributed by atoms with E-state index in [1.54, 1.807) is 4.68 Å². The van der Waals surface area contributed by atoms with Gasteiger partial charge in [0, 0.05) is 24.3 Å². The zero-order chi connectivity index (χ0) is 13.2. The van der Waals surface area contributed by atoms with Crippen LogP contribution in [0.5, 0.6) is 0 Å². The first-order valence-electron chi connectivity index (χ1n) is 6.59. The number of fused-ring (bicyclic) bond motifs is 1. The molecule has 1 aromatic heterocycles. The van der Waals surface area contributed by atoms with Crippen molar-refractivity contribution in [3.05, 3.63) is 41.5 Å². The molecule has 19 heavy (non-hydrogen) atoms. The molecule has 1 aromatic carbocycles. The number of rotatable bonds is 4. The number of aryl methyl sites for hydroxylation is 1. The van der Waals surface area contributed by atoms with E-state index < -0.39 is 0 Å². The number of aromatic nitrogens is 3. The molecule has 0 bridgehead atoms. The molecular weight excluding hydrogens is 240 g/mol. The van der Waals surface area contributed by atoms with Gasteiger partial charge in [0.25, 0.3) is 0 Å². The lowest BCUT2D eigenvalue weighted by atomic mass is 10.0. The lowest BCUT2D eigenvalue weighted by Crippen LogP contribution is -2.13. The molecule has 98 valence electrons. The van der Waals surface area contributed by atoms with Gasteiger partial charge in [-0.25, -0.2) is 9.67 Å². The minimum Gasteiger partial charge on any atom is -0.384 e. The van der Waals surface area contributed by atoms with E-state index in [1.807, 2.05) is 18.2 Å². The SMILES string of the molecule is CCCn1ncnc1C(=O)c1ccc2c(c1)CCN2. The number of hydrogen-bond donors (Lipinski definition) is 1. The second-order valence-corrected chi connectivity index (χ2v) is 4.68. The van der Waals surface area contributed by atoms with Crippen molar-refractivity contribution >= 4 is 11.5 Å². The molecular formula is C14H16N4O. The molecule has 1 aliphatic heterocycles. The normalized spacial score (nSPS) is 13.1. The Morgan fingerprint density at radius 1 is 1.47 bits per heavy atom. The Hall–Kier alpha value is -2.17. The number of benzene rings is 1. The topological polar surface area (TPSA) is 59.8 Å². The number of carbonyl (C=O) groups is 1. The van der Waals surface area contributed by atoms with Gasteiger partial charge in [-0.05, 0) is 36.6 Å². The van der Waals surface area contributed by atoms with Gasteiger partial charge < -0.3 is 5.32 Å². The van der Waals surface area contributed by atoms with E-state index in [-0.39, 0.29) is 5.78 Å².